The van der Waals surface area contributed by atoms with Crippen molar-refractivity contribution in [2.24, 2.45) is 5.92 Å². The first-order chi connectivity index (χ1) is 10.1. The largest absolute Gasteiger partial charge is 0.354 e. The lowest BCUT2D eigenvalue weighted by Crippen LogP contribution is -2.46. The lowest BCUT2D eigenvalue weighted by Gasteiger charge is -2.31. The number of carbonyl (C=O) groups is 1. The van der Waals surface area contributed by atoms with Crippen molar-refractivity contribution < 1.29 is 4.79 Å². The van der Waals surface area contributed by atoms with Gasteiger partial charge in [0.25, 0.3) is 0 Å². The van der Waals surface area contributed by atoms with Gasteiger partial charge in [0.1, 0.15) is 0 Å². The monoisotopic (exact) mass is 289 g/mol. The third-order valence-electron chi connectivity index (χ3n) is 4.20. The second-order valence-corrected chi connectivity index (χ2v) is 6.36. The van der Waals surface area contributed by atoms with Crippen molar-refractivity contribution in [2.75, 3.05) is 19.6 Å². The van der Waals surface area contributed by atoms with Crippen molar-refractivity contribution in [3.8, 4) is 0 Å². The Bertz CT molecular complexity index is 467. The van der Waals surface area contributed by atoms with Crippen LogP contribution in [0.4, 0.5) is 0 Å². The van der Waals surface area contributed by atoms with E-state index in [2.05, 4.69) is 29.0 Å². The molecular weight excluding hydrogens is 262 g/mol. The molecule has 0 aromatic carbocycles. The molecule has 1 unspecified atom stereocenters. The summed E-state index contributed by atoms with van der Waals surface area (Å²) in [4.78, 5) is 18.9. The van der Waals surface area contributed by atoms with Crippen LogP contribution in [0.25, 0.3) is 0 Å². The summed E-state index contributed by atoms with van der Waals surface area (Å²) in [7, 11) is 0. The summed E-state index contributed by atoms with van der Waals surface area (Å²) in [6.07, 6.45) is 4.69. The molecule has 0 spiro atoms. The summed E-state index contributed by atoms with van der Waals surface area (Å²) in [5, 5.41) is 3.09. The van der Waals surface area contributed by atoms with Gasteiger partial charge in [-0.3, -0.25) is 14.7 Å². The number of pyridine rings is 1. The number of nitrogens with zero attached hydrogens (tertiary/aromatic N) is 2. The SMILES string of the molecule is Cc1ccnc(CC(=O)NCC(C(C)C)N2CCCC2)c1. The molecule has 1 N–H and O–H groups in total. The number of aromatic nitrogens is 1. The molecule has 0 radical (unpaired) electrons. The van der Waals surface area contributed by atoms with Gasteiger partial charge in [-0.15, -0.1) is 0 Å². The number of nitrogens with one attached hydrogen (secondary N) is 1. The van der Waals surface area contributed by atoms with Crippen LogP contribution in [-0.2, 0) is 11.2 Å². The number of carbonyl (C=O) groups excluding carboxylic acids is 1. The highest BCUT2D eigenvalue weighted by atomic mass is 16.1. The zero-order chi connectivity index (χ0) is 15.2. The van der Waals surface area contributed by atoms with E-state index >= 15 is 0 Å². The molecule has 0 saturated carbocycles. The Morgan fingerprint density at radius 3 is 2.71 bits per heavy atom. The first-order valence-corrected chi connectivity index (χ1v) is 7.98. The Kier molecular flexibility index (Phi) is 5.74. The van der Waals surface area contributed by atoms with Gasteiger partial charge in [-0.05, 0) is 56.5 Å². The van der Waals surface area contributed by atoms with Crippen molar-refractivity contribution in [3.05, 3.63) is 29.6 Å². The quantitative estimate of drug-likeness (QED) is 0.873. The third-order valence-corrected chi connectivity index (χ3v) is 4.20. The highest BCUT2D eigenvalue weighted by Gasteiger charge is 2.24. The number of likely N-dealkylation sites (tertiary alicyclic amines) is 1. The first kappa shape index (κ1) is 16.0. The van der Waals surface area contributed by atoms with E-state index in [0.717, 1.165) is 30.9 Å². The zero-order valence-electron chi connectivity index (χ0n) is 13.4. The van der Waals surface area contributed by atoms with E-state index in [1.807, 2.05) is 19.1 Å². The summed E-state index contributed by atoms with van der Waals surface area (Å²) in [5.41, 5.74) is 1.99. The minimum absolute atomic E-state index is 0.0675. The Hall–Kier alpha value is -1.42. The van der Waals surface area contributed by atoms with E-state index in [1.54, 1.807) is 6.20 Å². The normalized spacial score (nSPS) is 17.1. The van der Waals surface area contributed by atoms with E-state index in [-0.39, 0.29) is 5.91 Å². The van der Waals surface area contributed by atoms with Crippen LogP contribution in [-0.4, -0.2) is 41.5 Å². The van der Waals surface area contributed by atoms with Crippen LogP contribution in [0.2, 0.25) is 0 Å². The highest BCUT2D eigenvalue weighted by molar-refractivity contribution is 5.78. The minimum atomic E-state index is 0.0675. The summed E-state index contributed by atoms with van der Waals surface area (Å²) in [5.74, 6) is 0.624. The third kappa shape index (κ3) is 4.81. The second kappa shape index (κ2) is 7.55. The van der Waals surface area contributed by atoms with E-state index in [1.165, 1.54) is 12.8 Å². The van der Waals surface area contributed by atoms with Gasteiger partial charge in [0.2, 0.25) is 5.91 Å². The predicted octanol–water partition coefficient (Wildman–Crippen LogP) is 2.17. The van der Waals surface area contributed by atoms with Crippen molar-refractivity contribution in [1.29, 1.82) is 0 Å². The van der Waals surface area contributed by atoms with Gasteiger partial charge in [0.15, 0.2) is 0 Å². The maximum atomic E-state index is 12.1. The number of hydrogen-bond donors (Lipinski definition) is 1. The first-order valence-electron chi connectivity index (χ1n) is 7.98. The molecule has 21 heavy (non-hydrogen) atoms. The molecule has 1 amide bonds. The second-order valence-electron chi connectivity index (χ2n) is 6.36. The van der Waals surface area contributed by atoms with E-state index in [9.17, 15) is 4.79 Å². The Morgan fingerprint density at radius 2 is 2.10 bits per heavy atom. The van der Waals surface area contributed by atoms with Crippen molar-refractivity contribution >= 4 is 5.91 Å². The maximum Gasteiger partial charge on any atom is 0.226 e. The van der Waals surface area contributed by atoms with Crippen molar-refractivity contribution in [1.82, 2.24) is 15.2 Å². The Morgan fingerprint density at radius 1 is 1.38 bits per heavy atom. The summed E-state index contributed by atoms with van der Waals surface area (Å²) in [6, 6.07) is 4.37. The molecule has 1 aromatic rings. The fourth-order valence-corrected chi connectivity index (χ4v) is 3.00. The van der Waals surface area contributed by atoms with Gasteiger partial charge in [-0.1, -0.05) is 13.8 Å². The van der Waals surface area contributed by atoms with Crippen LogP contribution < -0.4 is 5.32 Å². The van der Waals surface area contributed by atoms with Crippen LogP contribution in [0.3, 0.4) is 0 Å². The van der Waals surface area contributed by atoms with Crippen molar-refractivity contribution in [2.45, 2.75) is 46.1 Å². The molecule has 1 aliphatic rings. The van der Waals surface area contributed by atoms with E-state index in [0.29, 0.717) is 18.4 Å². The molecule has 1 atom stereocenters. The molecule has 1 aliphatic heterocycles. The lowest BCUT2D eigenvalue weighted by atomic mass is 10.0. The number of hydrogen-bond acceptors (Lipinski definition) is 3. The van der Waals surface area contributed by atoms with Crippen LogP contribution >= 0.6 is 0 Å². The van der Waals surface area contributed by atoms with Crippen LogP contribution in [0, 0.1) is 12.8 Å². The van der Waals surface area contributed by atoms with Gasteiger partial charge in [0, 0.05) is 24.5 Å². The molecule has 0 bridgehead atoms. The van der Waals surface area contributed by atoms with Gasteiger partial charge < -0.3 is 5.32 Å². The van der Waals surface area contributed by atoms with Crippen LogP contribution in [0.1, 0.15) is 37.9 Å². The molecule has 116 valence electrons. The molecular formula is C17H27N3O. The Labute approximate surface area is 127 Å². The molecule has 4 nitrogen and oxygen atoms in total. The fourth-order valence-electron chi connectivity index (χ4n) is 3.00. The predicted molar refractivity (Wildman–Crippen MR) is 85.1 cm³/mol. The van der Waals surface area contributed by atoms with Crippen LogP contribution in [0.5, 0.6) is 0 Å². The number of rotatable bonds is 6. The van der Waals surface area contributed by atoms with Crippen LogP contribution in [0.15, 0.2) is 18.3 Å². The van der Waals surface area contributed by atoms with Gasteiger partial charge in [-0.25, -0.2) is 0 Å². The van der Waals surface area contributed by atoms with Gasteiger partial charge >= 0.3 is 0 Å². The van der Waals surface area contributed by atoms with Crippen molar-refractivity contribution in [3.63, 3.8) is 0 Å². The topological polar surface area (TPSA) is 45.2 Å². The molecule has 1 aromatic heterocycles. The number of amides is 1. The standard InChI is InChI=1S/C17H27N3O/c1-13(2)16(20-8-4-5-9-20)12-19-17(21)11-15-10-14(3)6-7-18-15/h6-7,10,13,16H,4-5,8-9,11-12H2,1-3H3,(H,19,21). The molecule has 2 heterocycles. The highest BCUT2D eigenvalue weighted by Crippen LogP contribution is 2.17. The molecule has 4 heteroatoms. The average molecular weight is 289 g/mol. The average Bonchev–Trinajstić information content (AvgIpc) is 2.92. The summed E-state index contributed by atoms with van der Waals surface area (Å²) in [6.45, 7) is 9.55. The minimum Gasteiger partial charge on any atom is -0.354 e. The Balaban J connectivity index is 1.84. The summed E-state index contributed by atoms with van der Waals surface area (Å²) >= 11 is 0. The molecule has 2 rings (SSSR count). The molecule has 1 saturated heterocycles. The lowest BCUT2D eigenvalue weighted by molar-refractivity contribution is -0.120. The van der Waals surface area contributed by atoms with Gasteiger partial charge in [-0.2, -0.15) is 0 Å². The van der Waals surface area contributed by atoms with Gasteiger partial charge in [0.05, 0.1) is 6.42 Å². The zero-order valence-corrected chi connectivity index (χ0v) is 13.4. The van der Waals surface area contributed by atoms with E-state index in [4.69, 9.17) is 0 Å². The molecule has 1 fully saturated rings. The maximum absolute atomic E-state index is 12.1. The molecule has 0 aliphatic carbocycles. The summed E-state index contributed by atoms with van der Waals surface area (Å²) < 4.78 is 0. The smallest absolute Gasteiger partial charge is 0.226 e. The van der Waals surface area contributed by atoms with E-state index < -0.39 is 0 Å². The fraction of sp³-hybridized carbons (Fsp3) is 0.647. The number of aryl methyl sites for hydroxylation is 1.